The summed E-state index contributed by atoms with van der Waals surface area (Å²) in [7, 11) is 0. The van der Waals surface area contributed by atoms with E-state index in [-0.39, 0.29) is 11.8 Å². The Bertz CT molecular complexity index is 439. The molecule has 0 saturated heterocycles. The lowest BCUT2D eigenvalue weighted by molar-refractivity contribution is -0.116. The van der Waals surface area contributed by atoms with Gasteiger partial charge >= 0.3 is 6.09 Å². The van der Waals surface area contributed by atoms with Crippen LogP contribution in [0.3, 0.4) is 0 Å². The summed E-state index contributed by atoms with van der Waals surface area (Å²) in [5, 5.41) is 1.93. The van der Waals surface area contributed by atoms with E-state index < -0.39 is 6.09 Å². The van der Waals surface area contributed by atoms with Crippen LogP contribution in [0.25, 0.3) is 0 Å². The van der Waals surface area contributed by atoms with Gasteiger partial charge in [0.15, 0.2) is 5.78 Å². The van der Waals surface area contributed by atoms with Gasteiger partial charge < -0.3 is 4.74 Å². The highest BCUT2D eigenvalue weighted by Gasteiger charge is 2.29. The molecule has 2 rings (SSSR count). The second kappa shape index (κ2) is 5.14. The van der Waals surface area contributed by atoms with Crippen LogP contribution in [0.5, 0.6) is 0 Å². The third kappa shape index (κ3) is 2.55. The molecule has 1 amide bonds. The summed E-state index contributed by atoms with van der Waals surface area (Å²) < 4.78 is 4.97. The zero-order valence-electron chi connectivity index (χ0n) is 9.46. The molecular weight excluding hydrogens is 238 g/mol. The van der Waals surface area contributed by atoms with Crippen LogP contribution in [-0.4, -0.2) is 23.4 Å². The first-order valence-electron chi connectivity index (χ1n) is 5.42. The van der Waals surface area contributed by atoms with Crippen molar-refractivity contribution in [2.24, 2.45) is 0 Å². The summed E-state index contributed by atoms with van der Waals surface area (Å²) in [6, 6.07) is 3.60. The fourth-order valence-corrected chi connectivity index (χ4v) is 2.55. The van der Waals surface area contributed by atoms with Gasteiger partial charge in [0.05, 0.1) is 12.6 Å². The van der Waals surface area contributed by atoms with E-state index in [0.29, 0.717) is 13.0 Å². The number of carbonyl (C=O) groups excluding carboxylic acids is 2. The predicted molar refractivity (Wildman–Crippen MR) is 64.7 cm³/mol. The predicted octanol–water partition coefficient (Wildman–Crippen LogP) is 2.73. The minimum atomic E-state index is -0.408. The van der Waals surface area contributed by atoms with Crippen LogP contribution < -0.4 is 0 Å². The highest BCUT2D eigenvalue weighted by atomic mass is 32.1. The van der Waals surface area contributed by atoms with Crippen molar-refractivity contribution in [1.82, 2.24) is 4.90 Å². The molecule has 0 fully saturated rings. The van der Waals surface area contributed by atoms with E-state index in [2.05, 4.69) is 0 Å². The monoisotopic (exact) mass is 251 g/mol. The van der Waals surface area contributed by atoms with Crippen LogP contribution >= 0.6 is 11.3 Å². The van der Waals surface area contributed by atoms with Crippen LogP contribution in [0, 0.1) is 0 Å². The largest absolute Gasteiger partial charge is 0.449 e. The van der Waals surface area contributed by atoms with Gasteiger partial charge in [-0.2, -0.15) is 0 Å². The molecule has 2 heterocycles. The molecule has 1 aliphatic heterocycles. The highest BCUT2D eigenvalue weighted by molar-refractivity contribution is 7.10. The van der Waals surface area contributed by atoms with Crippen molar-refractivity contribution >= 4 is 23.2 Å². The first-order valence-corrected chi connectivity index (χ1v) is 6.30. The van der Waals surface area contributed by atoms with Gasteiger partial charge in [0, 0.05) is 17.5 Å². The zero-order chi connectivity index (χ0) is 12.3. The smallest absolute Gasteiger partial charge is 0.414 e. The summed E-state index contributed by atoms with van der Waals surface area (Å²) in [4.78, 5) is 25.7. The topological polar surface area (TPSA) is 46.6 Å². The van der Waals surface area contributed by atoms with E-state index in [1.54, 1.807) is 6.92 Å². The molecule has 0 aliphatic carbocycles. The Morgan fingerprint density at radius 2 is 2.47 bits per heavy atom. The number of hydrogen-bond acceptors (Lipinski definition) is 4. The molecule has 0 N–H and O–H groups in total. The third-order valence-electron chi connectivity index (χ3n) is 2.50. The SMILES string of the molecule is CCOC(=O)N1C=CC(=O)CC1c1cccs1. The van der Waals surface area contributed by atoms with Crippen molar-refractivity contribution in [2.75, 3.05) is 6.61 Å². The second-order valence-corrected chi connectivity index (χ2v) is 4.60. The van der Waals surface area contributed by atoms with Gasteiger partial charge in [0.2, 0.25) is 0 Å². The number of thiophene rings is 1. The number of amides is 1. The molecule has 0 radical (unpaired) electrons. The van der Waals surface area contributed by atoms with E-state index in [9.17, 15) is 9.59 Å². The lowest BCUT2D eigenvalue weighted by Crippen LogP contribution is -2.34. The number of ketones is 1. The quantitative estimate of drug-likeness (QED) is 0.812. The Labute approximate surface area is 103 Å². The zero-order valence-corrected chi connectivity index (χ0v) is 10.3. The second-order valence-electron chi connectivity index (χ2n) is 3.62. The lowest BCUT2D eigenvalue weighted by atomic mass is 10.0. The van der Waals surface area contributed by atoms with E-state index in [1.165, 1.54) is 28.5 Å². The highest BCUT2D eigenvalue weighted by Crippen LogP contribution is 2.31. The van der Waals surface area contributed by atoms with Crippen LogP contribution in [-0.2, 0) is 9.53 Å². The number of allylic oxidation sites excluding steroid dienone is 1. The maximum Gasteiger partial charge on any atom is 0.414 e. The third-order valence-corrected chi connectivity index (χ3v) is 3.48. The van der Waals surface area contributed by atoms with Crippen LogP contribution in [0.4, 0.5) is 4.79 Å². The van der Waals surface area contributed by atoms with Crippen LogP contribution in [0.2, 0.25) is 0 Å². The van der Waals surface area contributed by atoms with Gasteiger partial charge in [-0.15, -0.1) is 11.3 Å². The molecule has 17 heavy (non-hydrogen) atoms. The normalized spacial score (nSPS) is 19.5. The molecule has 4 nitrogen and oxygen atoms in total. The van der Waals surface area contributed by atoms with E-state index >= 15 is 0 Å². The Hall–Kier alpha value is -1.62. The summed E-state index contributed by atoms with van der Waals surface area (Å²) in [6.45, 7) is 2.09. The maximum absolute atomic E-state index is 11.8. The molecule has 1 unspecified atom stereocenters. The number of hydrogen-bond donors (Lipinski definition) is 0. The van der Waals surface area contributed by atoms with Crippen molar-refractivity contribution in [3.8, 4) is 0 Å². The van der Waals surface area contributed by atoms with Gasteiger partial charge in [-0.05, 0) is 24.4 Å². The lowest BCUT2D eigenvalue weighted by Gasteiger charge is -2.29. The van der Waals surface area contributed by atoms with Crippen molar-refractivity contribution < 1.29 is 14.3 Å². The Morgan fingerprint density at radius 3 is 3.12 bits per heavy atom. The van der Waals surface area contributed by atoms with Gasteiger partial charge in [-0.1, -0.05) is 6.07 Å². The number of nitrogens with zero attached hydrogens (tertiary/aromatic N) is 1. The fraction of sp³-hybridized carbons (Fsp3) is 0.333. The molecular formula is C12H13NO3S. The number of ether oxygens (including phenoxy) is 1. The Balaban J connectivity index is 2.24. The summed E-state index contributed by atoms with van der Waals surface area (Å²) in [5.41, 5.74) is 0. The Kier molecular flexibility index (Phi) is 3.58. The summed E-state index contributed by atoms with van der Waals surface area (Å²) in [5.74, 6) is 0.0314. The summed E-state index contributed by atoms with van der Waals surface area (Å²) in [6.07, 6.45) is 2.83. The van der Waals surface area contributed by atoms with Crippen molar-refractivity contribution in [3.63, 3.8) is 0 Å². The van der Waals surface area contributed by atoms with Crippen molar-refractivity contribution in [1.29, 1.82) is 0 Å². The van der Waals surface area contributed by atoms with Gasteiger partial charge in [-0.25, -0.2) is 4.79 Å². The molecule has 1 atom stereocenters. The maximum atomic E-state index is 11.8. The first-order chi connectivity index (χ1) is 8.22. The molecule has 0 bridgehead atoms. The van der Waals surface area contributed by atoms with E-state index in [1.807, 2.05) is 17.5 Å². The Morgan fingerprint density at radius 1 is 1.65 bits per heavy atom. The van der Waals surface area contributed by atoms with Gasteiger partial charge in [0.25, 0.3) is 0 Å². The molecule has 0 aromatic carbocycles. The molecule has 1 aliphatic rings. The molecule has 90 valence electrons. The van der Waals surface area contributed by atoms with E-state index in [4.69, 9.17) is 4.74 Å². The number of rotatable bonds is 2. The van der Waals surface area contributed by atoms with Crippen LogP contribution in [0.15, 0.2) is 29.8 Å². The molecule has 1 aromatic rings. The molecule has 0 saturated carbocycles. The minimum Gasteiger partial charge on any atom is -0.449 e. The van der Waals surface area contributed by atoms with Crippen molar-refractivity contribution in [3.05, 3.63) is 34.7 Å². The van der Waals surface area contributed by atoms with Gasteiger partial charge in [-0.3, -0.25) is 9.69 Å². The minimum absolute atomic E-state index is 0.0314. The summed E-state index contributed by atoms with van der Waals surface area (Å²) >= 11 is 1.54. The van der Waals surface area contributed by atoms with Gasteiger partial charge in [0.1, 0.15) is 0 Å². The van der Waals surface area contributed by atoms with Crippen LogP contribution in [0.1, 0.15) is 24.3 Å². The molecule has 1 aromatic heterocycles. The van der Waals surface area contributed by atoms with Crippen molar-refractivity contribution in [2.45, 2.75) is 19.4 Å². The first kappa shape index (κ1) is 11.9. The molecule has 0 spiro atoms. The standard InChI is InChI=1S/C12H13NO3S/c1-2-16-12(15)13-6-5-9(14)8-10(13)11-4-3-7-17-11/h3-7,10H,2,8H2,1H3. The number of carbonyl (C=O) groups is 2. The average molecular weight is 251 g/mol. The van der Waals surface area contributed by atoms with E-state index in [0.717, 1.165) is 4.88 Å². The fourth-order valence-electron chi connectivity index (χ4n) is 1.73. The average Bonchev–Trinajstić information content (AvgIpc) is 2.82. The molecule has 5 heteroatoms.